The second kappa shape index (κ2) is 3.49. The highest BCUT2D eigenvalue weighted by atomic mass is 35.5. The summed E-state index contributed by atoms with van der Waals surface area (Å²) in [7, 11) is 1.52. The first kappa shape index (κ1) is 12.5. The van der Waals surface area contributed by atoms with E-state index in [1.54, 1.807) is 4.68 Å². The second-order valence-corrected chi connectivity index (χ2v) is 6.72. The molecule has 1 saturated heterocycles. The number of aromatic nitrogens is 3. The van der Waals surface area contributed by atoms with Gasteiger partial charge < -0.3 is 4.74 Å². The molecule has 5 rings (SSSR count). The lowest BCUT2D eigenvalue weighted by molar-refractivity contribution is 0.248. The van der Waals surface area contributed by atoms with Crippen molar-refractivity contribution in [1.29, 1.82) is 0 Å². The minimum absolute atomic E-state index is 0.00184. The zero-order valence-corrected chi connectivity index (χ0v) is 12.3. The summed E-state index contributed by atoms with van der Waals surface area (Å²) < 4.78 is 9.96. The van der Waals surface area contributed by atoms with Crippen LogP contribution in [0, 0.1) is 5.41 Å². The molecule has 0 spiro atoms. The fraction of sp³-hybridized carbons (Fsp3) is 0.692. The van der Waals surface area contributed by atoms with Gasteiger partial charge in [0, 0.05) is 18.3 Å². The van der Waals surface area contributed by atoms with Gasteiger partial charge in [-0.2, -0.15) is 0 Å². The molecule has 1 aliphatic carbocycles. The number of hydrogen-bond donors (Lipinski definition) is 0. The molecule has 20 heavy (non-hydrogen) atoms. The van der Waals surface area contributed by atoms with Crippen molar-refractivity contribution in [2.24, 2.45) is 12.5 Å². The Bertz CT molecular complexity index is 754. The number of ether oxygens (including phenoxy) is 1. The summed E-state index contributed by atoms with van der Waals surface area (Å²) >= 11 is 6.09. The van der Waals surface area contributed by atoms with Crippen LogP contribution in [0.4, 0.5) is 0 Å². The molecule has 1 fully saturated rings. The number of hydrogen-bond acceptors (Lipinski definition) is 3. The van der Waals surface area contributed by atoms with E-state index in [4.69, 9.17) is 16.3 Å². The number of alkyl halides is 1. The standard InChI is InChI=1S/C13H16ClN3O3/c1-13(2,5-14)6-4-7-9-10(20-9)8(6)17-12(19)15(3)11(18)16(7)17/h4,7-10H,5H2,1-3H3. The van der Waals surface area contributed by atoms with Crippen LogP contribution < -0.4 is 11.4 Å². The molecule has 4 aliphatic rings. The van der Waals surface area contributed by atoms with Gasteiger partial charge in [-0.15, -0.1) is 11.6 Å². The largest absolute Gasteiger partial charge is 0.364 e. The average molecular weight is 298 g/mol. The molecule has 0 saturated carbocycles. The van der Waals surface area contributed by atoms with E-state index in [-0.39, 0.29) is 41.1 Å². The predicted molar refractivity (Wildman–Crippen MR) is 73.3 cm³/mol. The fourth-order valence-corrected chi connectivity index (χ4v) is 3.66. The first-order valence-electron chi connectivity index (χ1n) is 6.72. The summed E-state index contributed by atoms with van der Waals surface area (Å²) in [5.41, 5.74) is 0.314. The maximum atomic E-state index is 12.3. The molecule has 0 radical (unpaired) electrons. The van der Waals surface area contributed by atoms with E-state index in [0.717, 1.165) is 10.1 Å². The predicted octanol–water partition coefficient (Wildman–Crippen LogP) is 0.417. The van der Waals surface area contributed by atoms with E-state index in [0.29, 0.717) is 5.88 Å². The number of rotatable bonds is 2. The second-order valence-electron chi connectivity index (χ2n) is 6.45. The molecule has 0 N–H and O–H groups in total. The summed E-state index contributed by atoms with van der Waals surface area (Å²) in [6.45, 7) is 4.11. The highest BCUT2D eigenvalue weighted by Crippen LogP contribution is 2.55. The van der Waals surface area contributed by atoms with Crippen LogP contribution in [0.2, 0.25) is 0 Å². The molecule has 2 bridgehead atoms. The SMILES string of the molecule is Cn1c(=O)n2n(c1=O)C1C(C(C)(C)CCl)=CC2C2OC21. The number of halogens is 1. The molecule has 4 unspecified atom stereocenters. The lowest BCUT2D eigenvalue weighted by atomic mass is 9.75. The van der Waals surface area contributed by atoms with Crippen LogP contribution in [-0.2, 0) is 11.8 Å². The Morgan fingerprint density at radius 3 is 2.55 bits per heavy atom. The highest BCUT2D eigenvalue weighted by Gasteiger charge is 2.62. The van der Waals surface area contributed by atoms with Gasteiger partial charge in [-0.05, 0) is 5.57 Å². The van der Waals surface area contributed by atoms with Crippen molar-refractivity contribution in [3.63, 3.8) is 0 Å². The van der Waals surface area contributed by atoms with Gasteiger partial charge in [-0.25, -0.2) is 23.5 Å². The molecule has 1 aromatic rings. The molecular formula is C13H16ClN3O3. The third-order valence-corrected chi connectivity index (χ3v) is 5.41. The van der Waals surface area contributed by atoms with Gasteiger partial charge >= 0.3 is 11.4 Å². The van der Waals surface area contributed by atoms with E-state index in [1.807, 2.05) is 0 Å². The van der Waals surface area contributed by atoms with Crippen LogP contribution in [0.5, 0.6) is 0 Å². The lowest BCUT2D eigenvalue weighted by Crippen LogP contribution is -2.48. The van der Waals surface area contributed by atoms with E-state index in [1.165, 1.54) is 11.7 Å². The topological polar surface area (TPSA) is 61.5 Å². The van der Waals surface area contributed by atoms with Crippen molar-refractivity contribution in [3.8, 4) is 0 Å². The first-order valence-corrected chi connectivity index (χ1v) is 7.25. The van der Waals surface area contributed by atoms with Crippen LogP contribution >= 0.6 is 11.6 Å². The third kappa shape index (κ3) is 1.24. The van der Waals surface area contributed by atoms with Crippen molar-refractivity contribution in [3.05, 3.63) is 32.6 Å². The quantitative estimate of drug-likeness (QED) is 0.451. The third-order valence-electron chi connectivity index (χ3n) is 4.74. The molecule has 108 valence electrons. The Labute approximate surface area is 120 Å². The van der Waals surface area contributed by atoms with E-state index in [2.05, 4.69) is 19.9 Å². The molecular weight excluding hydrogens is 282 g/mol. The van der Waals surface area contributed by atoms with Gasteiger partial charge in [0.2, 0.25) is 0 Å². The van der Waals surface area contributed by atoms with E-state index in [9.17, 15) is 9.59 Å². The molecule has 1 aromatic heterocycles. The molecule has 4 heterocycles. The molecule has 7 heteroatoms. The van der Waals surface area contributed by atoms with Crippen LogP contribution in [0.25, 0.3) is 0 Å². The highest BCUT2D eigenvalue weighted by molar-refractivity contribution is 6.18. The van der Waals surface area contributed by atoms with Gasteiger partial charge in [0.15, 0.2) is 0 Å². The number of epoxide rings is 1. The number of nitrogens with zero attached hydrogens (tertiary/aromatic N) is 3. The molecule has 3 aliphatic heterocycles. The van der Waals surface area contributed by atoms with E-state index < -0.39 is 0 Å². The van der Waals surface area contributed by atoms with Crippen molar-refractivity contribution in [1.82, 2.24) is 13.9 Å². The summed E-state index contributed by atoms with van der Waals surface area (Å²) in [4.78, 5) is 24.5. The Hall–Kier alpha value is -1.27. The Kier molecular flexibility index (Phi) is 2.17. The zero-order chi connectivity index (χ0) is 14.4. The normalized spacial score (nSPS) is 33.7. The van der Waals surface area contributed by atoms with E-state index >= 15 is 0 Å². The first-order chi connectivity index (χ1) is 9.38. The van der Waals surface area contributed by atoms with Crippen LogP contribution in [0.3, 0.4) is 0 Å². The maximum Gasteiger partial charge on any atom is 0.347 e. The molecule has 0 aromatic carbocycles. The smallest absolute Gasteiger partial charge is 0.347 e. The van der Waals surface area contributed by atoms with Gasteiger partial charge in [0.1, 0.15) is 24.3 Å². The molecule has 6 nitrogen and oxygen atoms in total. The van der Waals surface area contributed by atoms with Crippen molar-refractivity contribution >= 4 is 11.6 Å². The Morgan fingerprint density at radius 2 is 1.90 bits per heavy atom. The lowest BCUT2D eigenvalue weighted by Gasteiger charge is -2.40. The van der Waals surface area contributed by atoms with Crippen molar-refractivity contribution in [2.75, 3.05) is 5.88 Å². The molecule has 0 amide bonds. The Morgan fingerprint density at radius 1 is 1.25 bits per heavy atom. The van der Waals surface area contributed by atoms with Crippen molar-refractivity contribution < 1.29 is 4.74 Å². The summed E-state index contributed by atoms with van der Waals surface area (Å²) in [5, 5.41) is 0. The molecule has 4 atom stereocenters. The van der Waals surface area contributed by atoms with Gasteiger partial charge in [0.05, 0.1) is 0 Å². The summed E-state index contributed by atoms with van der Waals surface area (Å²) in [6, 6.07) is -0.399. The van der Waals surface area contributed by atoms with Crippen molar-refractivity contribution in [2.45, 2.75) is 38.1 Å². The monoisotopic (exact) mass is 297 g/mol. The minimum atomic E-state index is -0.282. The minimum Gasteiger partial charge on any atom is -0.364 e. The fourth-order valence-electron chi connectivity index (χ4n) is 3.50. The van der Waals surface area contributed by atoms with Gasteiger partial charge in [-0.3, -0.25) is 0 Å². The average Bonchev–Trinajstić information content (AvgIpc) is 3.21. The van der Waals surface area contributed by atoms with Gasteiger partial charge in [0.25, 0.3) is 0 Å². The summed E-state index contributed by atoms with van der Waals surface area (Å²) in [6.07, 6.45) is 2.10. The zero-order valence-electron chi connectivity index (χ0n) is 11.5. The van der Waals surface area contributed by atoms with Crippen LogP contribution in [0.1, 0.15) is 25.9 Å². The van der Waals surface area contributed by atoms with Crippen LogP contribution in [0.15, 0.2) is 21.2 Å². The van der Waals surface area contributed by atoms with Gasteiger partial charge in [-0.1, -0.05) is 19.9 Å². The maximum absolute atomic E-state index is 12.3. The van der Waals surface area contributed by atoms with Crippen LogP contribution in [-0.4, -0.2) is 32.0 Å². The summed E-state index contributed by atoms with van der Waals surface area (Å²) in [5.74, 6) is 0.464. The Balaban J connectivity index is 1.99.